The van der Waals surface area contributed by atoms with Crippen LogP contribution in [0.5, 0.6) is 0 Å². The van der Waals surface area contributed by atoms with Crippen LogP contribution in [0, 0.1) is 0 Å². The van der Waals surface area contributed by atoms with Crippen molar-refractivity contribution in [3.8, 4) is 0 Å². The second-order valence-electron chi connectivity index (χ2n) is 6.84. The molecule has 4 nitrogen and oxygen atoms in total. The van der Waals surface area contributed by atoms with Gasteiger partial charge in [0.25, 0.3) is 0 Å². The van der Waals surface area contributed by atoms with E-state index >= 15 is 0 Å². The van der Waals surface area contributed by atoms with Crippen molar-refractivity contribution in [2.24, 2.45) is 0 Å². The van der Waals surface area contributed by atoms with Crippen LogP contribution in [-0.2, 0) is 6.54 Å². The van der Waals surface area contributed by atoms with Crippen LogP contribution in [-0.4, -0.2) is 26.4 Å². The fraction of sp³-hybridized carbons (Fsp3) is 0.526. The Hall–Kier alpha value is -1.81. The SMILES string of the molecule is c1cc(C2CCCCCN2Cc2cnc(C3CC3)nc2)ccn1. The second kappa shape index (κ2) is 6.75. The lowest BCUT2D eigenvalue weighted by Crippen LogP contribution is -2.28. The van der Waals surface area contributed by atoms with E-state index in [9.17, 15) is 0 Å². The van der Waals surface area contributed by atoms with Crippen molar-refractivity contribution in [2.75, 3.05) is 6.54 Å². The molecule has 1 saturated carbocycles. The summed E-state index contributed by atoms with van der Waals surface area (Å²) in [6, 6.07) is 4.81. The molecule has 1 atom stereocenters. The van der Waals surface area contributed by atoms with E-state index < -0.39 is 0 Å². The third-order valence-corrected chi connectivity index (χ3v) is 5.01. The first-order chi connectivity index (χ1) is 11.4. The predicted octanol–water partition coefficient (Wildman–Crippen LogP) is 3.87. The smallest absolute Gasteiger partial charge is 0.131 e. The molecule has 120 valence electrons. The lowest BCUT2D eigenvalue weighted by molar-refractivity contribution is 0.192. The Morgan fingerprint density at radius 2 is 1.74 bits per heavy atom. The van der Waals surface area contributed by atoms with Gasteiger partial charge in [-0.1, -0.05) is 12.8 Å². The van der Waals surface area contributed by atoms with Crippen LogP contribution >= 0.6 is 0 Å². The van der Waals surface area contributed by atoms with Crippen molar-refractivity contribution < 1.29 is 0 Å². The summed E-state index contributed by atoms with van der Waals surface area (Å²) in [5, 5.41) is 0. The van der Waals surface area contributed by atoms with Gasteiger partial charge in [-0.15, -0.1) is 0 Å². The Bertz CT molecular complexity index is 622. The molecule has 0 bridgehead atoms. The lowest BCUT2D eigenvalue weighted by atomic mass is 10.0. The summed E-state index contributed by atoms with van der Waals surface area (Å²) in [6.45, 7) is 2.09. The van der Waals surface area contributed by atoms with Crippen molar-refractivity contribution in [1.29, 1.82) is 0 Å². The van der Waals surface area contributed by atoms with Crippen LogP contribution in [0.15, 0.2) is 36.9 Å². The zero-order chi connectivity index (χ0) is 15.5. The average molecular weight is 308 g/mol. The highest BCUT2D eigenvalue weighted by Gasteiger charge is 2.27. The molecule has 2 aromatic rings. The summed E-state index contributed by atoms with van der Waals surface area (Å²) < 4.78 is 0. The number of likely N-dealkylation sites (tertiary alicyclic amines) is 1. The Morgan fingerprint density at radius 3 is 2.48 bits per heavy atom. The molecular formula is C19H24N4. The fourth-order valence-electron chi connectivity index (χ4n) is 3.55. The van der Waals surface area contributed by atoms with Crippen LogP contribution in [0.1, 0.15) is 67.4 Å². The molecule has 2 aliphatic rings. The molecule has 2 aromatic heterocycles. The minimum atomic E-state index is 0.489. The summed E-state index contributed by atoms with van der Waals surface area (Å²) in [5.74, 6) is 1.67. The van der Waals surface area contributed by atoms with Crippen LogP contribution in [0.25, 0.3) is 0 Å². The largest absolute Gasteiger partial charge is 0.292 e. The minimum Gasteiger partial charge on any atom is -0.292 e. The van der Waals surface area contributed by atoms with E-state index in [2.05, 4.69) is 32.0 Å². The molecule has 1 saturated heterocycles. The zero-order valence-electron chi connectivity index (χ0n) is 13.6. The molecule has 1 unspecified atom stereocenters. The first kappa shape index (κ1) is 14.8. The van der Waals surface area contributed by atoms with E-state index in [1.54, 1.807) is 0 Å². The monoisotopic (exact) mass is 308 g/mol. The summed E-state index contributed by atoms with van der Waals surface area (Å²) in [4.78, 5) is 15.9. The normalized spacial score (nSPS) is 22.7. The lowest BCUT2D eigenvalue weighted by Gasteiger charge is -2.30. The van der Waals surface area contributed by atoms with Gasteiger partial charge >= 0.3 is 0 Å². The van der Waals surface area contributed by atoms with Gasteiger partial charge in [-0.2, -0.15) is 0 Å². The summed E-state index contributed by atoms with van der Waals surface area (Å²) >= 11 is 0. The van der Waals surface area contributed by atoms with Gasteiger partial charge in [0.15, 0.2) is 0 Å². The third-order valence-electron chi connectivity index (χ3n) is 5.01. The van der Waals surface area contributed by atoms with Crippen molar-refractivity contribution >= 4 is 0 Å². The second-order valence-corrected chi connectivity index (χ2v) is 6.84. The number of aromatic nitrogens is 3. The third kappa shape index (κ3) is 3.58. The van der Waals surface area contributed by atoms with Crippen LogP contribution in [0.4, 0.5) is 0 Å². The van der Waals surface area contributed by atoms with Gasteiger partial charge in [0.05, 0.1) is 0 Å². The van der Waals surface area contributed by atoms with E-state index in [0.29, 0.717) is 12.0 Å². The number of hydrogen-bond donors (Lipinski definition) is 0. The van der Waals surface area contributed by atoms with E-state index in [4.69, 9.17) is 0 Å². The molecule has 0 aromatic carbocycles. The van der Waals surface area contributed by atoms with Gasteiger partial charge in [0.2, 0.25) is 0 Å². The van der Waals surface area contributed by atoms with Crippen molar-refractivity contribution in [1.82, 2.24) is 19.9 Å². The molecular weight excluding hydrogens is 284 g/mol. The molecule has 1 aliphatic heterocycles. The first-order valence-electron chi connectivity index (χ1n) is 8.85. The maximum Gasteiger partial charge on any atom is 0.131 e. The standard InChI is InChI=1S/C19H24N4/c1-2-4-18(16-7-9-20-10-8-16)23(11-3-1)14-15-12-21-19(22-13-15)17-5-6-17/h7-10,12-13,17-18H,1-6,11,14H2. The molecule has 2 fully saturated rings. The van der Waals surface area contributed by atoms with E-state index in [1.807, 2.05) is 24.8 Å². The minimum absolute atomic E-state index is 0.489. The van der Waals surface area contributed by atoms with E-state index in [0.717, 1.165) is 18.9 Å². The topological polar surface area (TPSA) is 41.9 Å². The average Bonchev–Trinajstić information content (AvgIpc) is 3.44. The highest BCUT2D eigenvalue weighted by molar-refractivity contribution is 5.17. The molecule has 0 amide bonds. The first-order valence-corrected chi connectivity index (χ1v) is 8.85. The van der Waals surface area contributed by atoms with Crippen molar-refractivity contribution in [3.63, 3.8) is 0 Å². The van der Waals surface area contributed by atoms with Gasteiger partial charge in [0.1, 0.15) is 5.82 Å². The molecule has 23 heavy (non-hydrogen) atoms. The number of hydrogen-bond acceptors (Lipinski definition) is 4. The summed E-state index contributed by atoms with van der Waals surface area (Å²) in [6.07, 6.45) is 15.6. The van der Waals surface area contributed by atoms with Gasteiger partial charge < -0.3 is 0 Å². The molecule has 0 spiro atoms. The van der Waals surface area contributed by atoms with Crippen LogP contribution < -0.4 is 0 Å². The highest BCUT2D eigenvalue weighted by atomic mass is 15.2. The van der Waals surface area contributed by atoms with Gasteiger partial charge in [-0.3, -0.25) is 9.88 Å². The number of nitrogens with zero attached hydrogens (tertiary/aromatic N) is 4. The highest BCUT2D eigenvalue weighted by Crippen LogP contribution is 2.37. The van der Waals surface area contributed by atoms with E-state index in [1.165, 1.54) is 49.7 Å². The van der Waals surface area contributed by atoms with Crippen LogP contribution in [0.3, 0.4) is 0 Å². The molecule has 1 aliphatic carbocycles. The van der Waals surface area contributed by atoms with Crippen molar-refractivity contribution in [2.45, 2.75) is 57.0 Å². The molecule has 4 heteroatoms. The van der Waals surface area contributed by atoms with E-state index in [-0.39, 0.29) is 0 Å². The maximum absolute atomic E-state index is 4.58. The Morgan fingerprint density at radius 1 is 0.957 bits per heavy atom. The molecule has 0 N–H and O–H groups in total. The molecule has 0 radical (unpaired) electrons. The summed E-state index contributed by atoms with van der Waals surface area (Å²) in [7, 11) is 0. The number of rotatable bonds is 4. The quantitative estimate of drug-likeness (QED) is 0.860. The summed E-state index contributed by atoms with van der Waals surface area (Å²) in [5.41, 5.74) is 2.62. The van der Waals surface area contributed by atoms with Crippen LogP contribution in [0.2, 0.25) is 0 Å². The van der Waals surface area contributed by atoms with Gasteiger partial charge in [0, 0.05) is 48.9 Å². The Kier molecular flexibility index (Phi) is 4.33. The molecule has 4 rings (SSSR count). The van der Waals surface area contributed by atoms with Gasteiger partial charge in [-0.05, 0) is 49.9 Å². The fourth-order valence-corrected chi connectivity index (χ4v) is 3.55. The van der Waals surface area contributed by atoms with Gasteiger partial charge in [-0.25, -0.2) is 9.97 Å². The predicted molar refractivity (Wildman–Crippen MR) is 89.9 cm³/mol. The molecule has 3 heterocycles. The van der Waals surface area contributed by atoms with Crippen molar-refractivity contribution in [3.05, 3.63) is 53.9 Å². The Balaban J connectivity index is 1.51. The zero-order valence-corrected chi connectivity index (χ0v) is 13.6. The number of pyridine rings is 1. The Labute approximate surface area is 138 Å². The maximum atomic E-state index is 4.58.